The summed E-state index contributed by atoms with van der Waals surface area (Å²) in [5.41, 5.74) is 9.79. The monoisotopic (exact) mass is 563 g/mol. The van der Waals surface area contributed by atoms with Gasteiger partial charge in [-0.15, -0.1) is 0 Å². The van der Waals surface area contributed by atoms with E-state index in [1.54, 1.807) is 0 Å². The first-order valence-corrected chi connectivity index (χ1v) is 14.8. The maximum atomic E-state index is 6.42. The number of para-hydroxylation sites is 4. The predicted molar refractivity (Wildman–Crippen MR) is 180 cm³/mol. The lowest BCUT2D eigenvalue weighted by molar-refractivity contribution is 0.670. The van der Waals surface area contributed by atoms with Gasteiger partial charge in [-0.2, -0.15) is 0 Å². The molecule has 0 fully saturated rings. The number of benzene rings is 6. The molecule has 4 nitrogen and oxygen atoms in total. The molecule has 0 N–H and O–H groups in total. The highest BCUT2D eigenvalue weighted by Gasteiger charge is 2.18. The third kappa shape index (κ3) is 3.85. The van der Waals surface area contributed by atoms with E-state index in [1.165, 1.54) is 10.9 Å². The van der Waals surface area contributed by atoms with E-state index in [2.05, 4.69) is 120 Å². The summed E-state index contributed by atoms with van der Waals surface area (Å²) in [5, 5.41) is 4.54. The van der Waals surface area contributed by atoms with E-state index in [9.17, 15) is 0 Å². The van der Waals surface area contributed by atoms with Crippen molar-refractivity contribution in [2.75, 3.05) is 0 Å². The van der Waals surface area contributed by atoms with Crippen LogP contribution in [-0.2, 0) is 0 Å². The molecule has 3 heterocycles. The van der Waals surface area contributed by atoms with Gasteiger partial charge < -0.3 is 8.98 Å². The topological polar surface area (TPSA) is 43.9 Å². The minimum Gasteiger partial charge on any atom is -0.455 e. The van der Waals surface area contributed by atoms with Crippen molar-refractivity contribution in [3.63, 3.8) is 0 Å². The summed E-state index contributed by atoms with van der Waals surface area (Å²) < 4.78 is 8.74. The van der Waals surface area contributed by atoms with Crippen LogP contribution in [0.25, 0.3) is 83.3 Å². The van der Waals surface area contributed by atoms with Crippen LogP contribution < -0.4 is 0 Å². The first-order valence-electron chi connectivity index (χ1n) is 14.8. The number of furan rings is 1. The van der Waals surface area contributed by atoms with Gasteiger partial charge in [0, 0.05) is 43.9 Å². The van der Waals surface area contributed by atoms with Gasteiger partial charge in [0.25, 0.3) is 0 Å². The molecule has 44 heavy (non-hydrogen) atoms. The van der Waals surface area contributed by atoms with E-state index in [-0.39, 0.29) is 0 Å². The highest BCUT2D eigenvalue weighted by atomic mass is 16.3. The Balaban J connectivity index is 1.29. The number of aromatic nitrogens is 3. The Hall–Kier alpha value is -6.00. The second-order valence-corrected chi connectivity index (χ2v) is 11.0. The Bertz CT molecular complexity index is 2490. The average Bonchev–Trinajstić information content (AvgIpc) is 3.64. The highest BCUT2D eigenvalue weighted by Crippen LogP contribution is 2.38. The number of fused-ring (bicyclic) bond motifs is 6. The van der Waals surface area contributed by atoms with E-state index in [0.717, 1.165) is 66.6 Å². The van der Waals surface area contributed by atoms with Gasteiger partial charge in [-0.3, -0.25) is 0 Å². The molecule has 0 spiro atoms. The molecule has 9 aromatic rings. The van der Waals surface area contributed by atoms with Crippen LogP contribution in [0, 0.1) is 0 Å². The molecule has 0 saturated heterocycles. The lowest BCUT2D eigenvalue weighted by Gasteiger charge is -2.10. The molecule has 0 unspecified atom stereocenters. The Morgan fingerprint density at radius 2 is 1.14 bits per heavy atom. The van der Waals surface area contributed by atoms with Crippen molar-refractivity contribution in [3.05, 3.63) is 152 Å². The van der Waals surface area contributed by atoms with Crippen molar-refractivity contribution in [2.45, 2.75) is 0 Å². The molecule has 3 aromatic heterocycles. The van der Waals surface area contributed by atoms with Crippen LogP contribution in [0.1, 0.15) is 0 Å². The largest absolute Gasteiger partial charge is 0.455 e. The summed E-state index contributed by atoms with van der Waals surface area (Å²) in [4.78, 5) is 10.3. The zero-order valence-electron chi connectivity index (χ0n) is 23.7. The van der Waals surface area contributed by atoms with Crippen LogP contribution in [-0.4, -0.2) is 14.5 Å². The van der Waals surface area contributed by atoms with Crippen molar-refractivity contribution in [2.24, 2.45) is 0 Å². The molecule has 6 aromatic carbocycles. The van der Waals surface area contributed by atoms with Crippen LogP contribution >= 0.6 is 0 Å². The SMILES string of the molecule is c1ccc(-c2cc(-c3cccc4c3oc3ccccc34)nc(-c3ccc4c(c3)c3ccccc3n4-c3ccccc3)n2)cc1. The Labute approximate surface area is 253 Å². The van der Waals surface area contributed by atoms with Gasteiger partial charge in [-0.25, -0.2) is 9.97 Å². The Morgan fingerprint density at radius 1 is 0.455 bits per heavy atom. The molecule has 0 bridgehead atoms. The van der Waals surface area contributed by atoms with Crippen LogP contribution in [0.2, 0.25) is 0 Å². The lowest BCUT2D eigenvalue weighted by Crippen LogP contribution is -1.96. The van der Waals surface area contributed by atoms with Crippen LogP contribution in [0.15, 0.2) is 156 Å². The maximum Gasteiger partial charge on any atom is 0.160 e. The summed E-state index contributed by atoms with van der Waals surface area (Å²) >= 11 is 0. The quantitative estimate of drug-likeness (QED) is 0.214. The smallest absolute Gasteiger partial charge is 0.160 e. The lowest BCUT2D eigenvalue weighted by atomic mass is 10.0. The van der Waals surface area contributed by atoms with Gasteiger partial charge >= 0.3 is 0 Å². The molecule has 0 atom stereocenters. The van der Waals surface area contributed by atoms with Gasteiger partial charge in [0.2, 0.25) is 0 Å². The normalized spacial score (nSPS) is 11.6. The molecule has 9 rings (SSSR count). The zero-order valence-corrected chi connectivity index (χ0v) is 23.7. The first-order chi connectivity index (χ1) is 21.8. The van der Waals surface area contributed by atoms with E-state index < -0.39 is 0 Å². The van der Waals surface area contributed by atoms with Crippen molar-refractivity contribution in [3.8, 4) is 39.6 Å². The van der Waals surface area contributed by atoms with Crippen molar-refractivity contribution in [1.82, 2.24) is 14.5 Å². The Kier molecular flexibility index (Phi) is 5.47. The molecule has 0 aliphatic rings. The predicted octanol–water partition coefficient (Wildman–Crippen LogP) is 10.5. The molecular weight excluding hydrogens is 538 g/mol. The summed E-state index contributed by atoms with van der Waals surface area (Å²) in [6, 6.07) is 52.4. The molecule has 206 valence electrons. The fraction of sp³-hybridized carbons (Fsp3) is 0. The first kappa shape index (κ1) is 24.6. The van der Waals surface area contributed by atoms with Crippen LogP contribution in [0.4, 0.5) is 0 Å². The summed E-state index contributed by atoms with van der Waals surface area (Å²) in [6.07, 6.45) is 0. The Morgan fingerprint density at radius 3 is 2.00 bits per heavy atom. The van der Waals surface area contributed by atoms with Gasteiger partial charge in [0.15, 0.2) is 5.82 Å². The maximum absolute atomic E-state index is 6.42. The van der Waals surface area contributed by atoms with Crippen molar-refractivity contribution >= 4 is 43.7 Å². The van der Waals surface area contributed by atoms with Gasteiger partial charge in [0.05, 0.1) is 22.4 Å². The van der Waals surface area contributed by atoms with E-state index in [1.807, 2.05) is 36.4 Å². The minimum atomic E-state index is 0.674. The molecule has 4 heteroatoms. The van der Waals surface area contributed by atoms with Crippen molar-refractivity contribution in [1.29, 1.82) is 0 Å². The molecule has 0 aliphatic heterocycles. The zero-order chi connectivity index (χ0) is 29.0. The molecular formula is C40H25N3O. The van der Waals surface area contributed by atoms with E-state index >= 15 is 0 Å². The third-order valence-electron chi connectivity index (χ3n) is 8.42. The van der Waals surface area contributed by atoms with Gasteiger partial charge in [0.1, 0.15) is 11.2 Å². The fourth-order valence-corrected chi connectivity index (χ4v) is 6.39. The third-order valence-corrected chi connectivity index (χ3v) is 8.42. The molecule has 0 radical (unpaired) electrons. The van der Waals surface area contributed by atoms with Crippen molar-refractivity contribution < 1.29 is 4.42 Å². The van der Waals surface area contributed by atoms with Gasteiger partial charge in [-0.1, -0.05) is 97.1 Å². The van der Waals surface area contributed by atoms with E-state index in [4.69, 9.17) is 14.4 Å². The number of rotatable bonds is 4. The molecule has 0 amide bonds. The number of hydrogen-bond donors (Lipinski definition) is 0. The second kappa shape index (κ2) is 9.79. The number of nitrogens with zero attached hydrogens (tertiary/aromatic N) is 3. The second-order valence-electron chi connectivity index (χ2n) is 11.0. The standard InChI is InChI=1S/C40H25N3O/c1-3-12-26(13-4-1)34-25-35(32-19-11-18-31-30-17-8-10-21-38(30)44-39(31)32)42-40(41-34)27-22-23-37-33(24-27)29-16-7-9-20-36(29)43(37)28-14-5-2-6-15-28/h1-25H. The van der Waals surface area contributed by atoms with Crippen LogP contribution in [0.3, 0.4) is 0 Å². The fourth-order valence-electron chi connectivity index (χ4n) is 6.39. The van der Waals surface area contributed by atoms with Crippen LogP contribution in [0.5, 0.6) is 0 Å². The minimum absolute atomic E-state index is 0.674. The highest BCUT2D eigenvalue weighted by molar-refractivity contribution is 6.11. The molecule has 0 saturated carbocycles. The summed E-state index contributed by atoms with van der Waals surface area (Å²) in [7, 11) is 0. The number of hydrogen-bond acceptors (Lipinski definition) is 3. The average molecular weight is 564 g/mol. The molecule has 0 aliphatic carbocycles. The van der Waals surface area contributed by atoms with E-state index in [0.29, 0.717) is 5.82 Å². The van der Waals surface area contributed by atoms with Gasteiger partial charge in [-0.05, 0) is 54.6 Å². The summed E-state index contributed by atoms with van der Waals surface area (Å²) in [6.45, 7) is 0. The summed E-state index contributed by atoms with van der Waals surface area (Å²) in [5.74, 6) is 0.674.